The quantitative estimate of drug-likeness (QED) is 0.405. The summed E-state index contributed by atoms with van der Waals surface area (Å²) < 4.78 is 5.55. The Morgan fingerprint density at radius 2 is 1.54 bits per heavy atom. The highest BCUT2D eigenvalue weighted by molar-refractivity contribution is 5.80. The van der Waals surface area contributed by atoms with Crippen molar-refractivity contribution in [2.75, 3.05) is 19.7 Å². The maximum Gasteiger partial charge on any atom is 0.407 e. The SMILES string of the molecule is CCC(CNC(=O)OCC1c2ccccc2-c2ccccc21)C(=O)NC[C@H](CC(=O)O)CC(C)C. The zero-order chi connectivity index (χ0) is 25.4. The Morgan fingerprint density at radius 3 is 2.09 bits per heavy atom. The first-order valence-corrected chi connectivity index (χ1v) is 12.4. The molecule has 7 heteroatoms. The number of nitrogens with one attached hydrogen (secondary N) is 2. The average Bonchev–Trinajstić information content (AvgIpc) is 3.14. The molecule has 1 aliphatic carbocycles. The van der Waals surface area contributed by atoms with Crippen LogP contribution in [0.15, 0.2) is 48.5 Å². The molecule has 7 nitrogen and oxygen atoms in total. The summed E-state index contributed by atoms with van der Waals surface area (Å²) in [4.78, 5) is 36.2. The van der Waals surface area contributed by atoms with Gasteiger partial charge in [0.2, 0.25) is 5.91 Å². The van der Waals surface area contributed by atoms with Crippen LogP contribution in [0.2, 0.25) is 0 Å². The number of rotatable bonds is 12. The molecule has 0 bridgehead atoms. The van der Waals surface area contributed by atoms with Crippen molar-refractivity contribution in [2.45, 2.75) is 46.0 Å². The number of hydrogen-bond donors (Lipinski definition) is 3. The Balaban J connectivity index is 1.49. The molecule has 0 aliphatic heterocycles. The molecule has 188 valence electrons. The number of alkyl carbamates (subject to hydrolysis) is 1. The molecule has 2 amide bonds. The highest BCUT2D eigenvalue weighted by atomic mass is 16.5. The lowest BCUT2D eigenvalue weighted by Crippen LogP contribution is -2.41. The second kappa shape index (κ2) is 12.4. The molecule has 35 heavy (non-hydrogen) atoms. The van der Waals surface area contributed by atoms with Gasteiger partial charge in [0.15, 0.2) is 0 Å². The van der Waals surface area contributed by atoms with Crippen LogP contribution in [0.5, 0.6) is 0 Å². The summed E-state index contributed by atoms with van der Waals surface area (Å²) in [5.74, 6) is -1.28. The molecule has 2 aromatic carbocycles. The second-order valence-electron chi connectivity index (χ2n) is 9.65. The minimum atomic E-state index is -0.867. The van der Waals surface area contributed by atoms with E-state index >= 15 is 0 Å². The van der Waals surface area contributed by atoms with E-state index in [2.05, 4.69) is 34.9 Å². The first kappa shape index (κ1) is 26.3. The minimum absolute atomic E-state index is 0.0211. The molecule has 0 saturated heterocycles. The molecule has 0 heterocycles. The monoisotopic (exact) mass is 480 g/mol. The first-order valence-electron chi connectivity index (χ1n) is 12.4. The number of carboxylic acids is 1. The second-order valence-corrected chi connectivity index (χ2v) is 9.65. The number of fused-ring (bicyclic) bond motifs is 3. The van der Waals surface area contributed by atoms with Gasteiger partial charge in [-0.1, -0.05) is 69.3 Å². The number of carbonyl (C=O) groups excluding carboxylic acids is 2. The van der Waals surface area contributed by atoms with Crippen LogP contribution < -0.4 is 10.6 Å². The highest BCUT2D eigenvalue weighted by Crippen LogP contribution is 2.44. The van der Waals surface area contributed by atoms with Crippen LogP contribution in [0, 0.1) is 17.8 Å². The standard InChI is InChI=1S/C28H36N2O5/c1-4-20(27(33)29-15-19(13-18(2)3)14-26(31)32)16-30-28(34)35-17-25-23-11-7-5-9-21(23)22-10-6-8-12-24(22)25/h5-12,18-20,25H,4,13-17H2,1-3H3,(H,29,33)(H,30,34)(H,31,32)/t19-,20?/m0/s1. The largest absolute Gasteiger partial charge is 0.481 e. The van der Waals surface area contributed by atoms with Gasteiger partial charge < -0.3 is 20.5 Å². The Bertz CT molecular complexity index is 990. The number of benzene rings is 2. The summed E-state index contributed by atoms with van der Waals surface area (Å²) in [5, 5.41) is 14.7. The molecule has 0 spiro atoms. The average molecular weight is 481 g/mol. The van der Waals surface area contributed by atoms with Gasteiger partial charge in [0.05, 0.1) is 5.92 Å². The van der Waals surface area contributed by atoms with Crippen LogP contribution in [0.4, 0.5) is 4.79 Å². The van der Waals surface area contributed by atoms with Gasteiger partial charge >= 0.3 is 12.1 Å². The van der Waals surface area contributed by atoms with Crippen molar-refractivity contribution in [3.63, 3.8) is 0 Å². The zero-order valence-electron chi connectivity index (χ0n) is 20.8. The van der Waals surface area contributed by atoms with E-state index in [4.69, 9.17) is 9.84 Å². The molecule has 2 atom stereocenters. The van der Waals surface area contributed by atoms with Crippen molar-refractivity contribution in [3.8, 4) is 11.1 Å². The van der Waals surface area contributed by atoms with Crippen molar-refractivity contribution in [2.24, 2.45) is 17.8 Å². The van der Waals surface area contributed by atoms with Crippen LogP contribution in [-0.4, -0.2) is 42.8 Å². The van der Waals surface area contributed by atoms with Gasteiger partial charge in [-0.15, -0.1) is 0 Å². The van der Waals surface area contributed by atoms with Crippen LogP contribution in [-0.2, 0) is 14.3 Å². The Labute approximate surface area is 207 Å². The van der Waals surface area contributed by atoms with Crippen molar-refractivity contribution >= 4 is 18.0 Å². The Hall–Kier alpha value is -3.35. The van der Waals surface area contributed by atoms with E-state index in [-0.39, 0.29) is 37.3 Å². The lowest BCUT2D eigenvalue weighted by Gasteiger charge is -2.21. The Morgan fingerprint density at radius 1 is 0.943 bits per heavy atom. The maximum atomic E-state index is 12.7. The van der Waals surface area contributed by atoms with Crippen molar-refractivity contribution in [3.05, 3.63) is 59.7 Å². The first-order chi connectivity index (χ1) is 16.8. The fourth-order valence-electron chi connectivity index (χ4n) is 4.82. The van der Waals surface area contributed by atoms with Gasteiger partial charge in [-0.2, -0.15) is 0 Å². The summed E-state index contributed by atoms with van der Waals surface area (Å²) in [5.41, 5.74) is 4.62. The van der Waals surface area contributed by atoms with Gasteiger partial charge in [-0.25, -0.2) is 4.79 Å². The number of aliphatic carboxylic acids is 1. The lowest BCUT2D eigenvalue weighted by molar-refractivity contribution is -0.138. The third kappa shape index (κ3) is 7.07. The number of carbonyl (C=O) groups is 3. The fraction of sp³-hybridized carbons (Fsp3) is 0.464. The summed E-state index contributed by atoms with van der Waals surface area (Å²) in [6, 6.07) is 16.3. The van der Waals surface area contributed by atoms with Gasteiger partial charge in [0.25, 0.3) is 0 Å². The summed E-state index contributed by atoms with van der Waals surface area (Å²) in [6.07, 6.45) is 0.736. The van der Waals surface area contributed by atoms with Crippen LogP contribution >= 0.6 is 0 Å². The minimum Gasteiger partial charge on any atom is -0.481 e. The van der Waals surface area contributed by atoms with Crippen molar-refractivity contribution in [1.82, 2.24) is 10.6 Å². The maximum absolute atomic E-state index is 12.7. The molecular weight excluding hydrogens is 444 g/mol. The molecule has 0 aromatic heterocycles. The van der Waals surface area contributed by atoms with E-state index in [9.17, 15) is 14.4 Å². The molecule has 0 saturated carbocycles. The highest BCUT2D eigenvalue weighted by Gasteiger charge is 2.29. The number of hydrogen-bond acceptors (Lipinski definition) is 4. The van der Waals surface area contributed by atoms with Crippen LogP contribution in [0.1, 0.15) is 57.1 Å². The van der Waals surface area contributed by atoms with E-state index in [0.717, 1.165) is 17.5 Å². The Kier molecular flexibility index (Phi) is 9.29. The van der Waals surface area contributed by atoms with Gasteiger partial charge in [-0.05, 0) is 46.9 Å². The topological polar surface area (TPSA) is 105 Å². The summed E-state index contributed by atoms with van der Waals surface area (Å²) in [7, 11) is 0. The number of amides is 2. The summed E-state index contributed by atoms with van der Waals surface area (Å²) >= 11 is 0. The van der Waals surface area contributed by atoms with Gasteiger partial charge in [-0.3, -0.25) is 9.59 Å². The molecule has 3 rings (SSSR count). The van der Waals surface area contributed by atoms with Gasteiger partial charge in [0.1, 0.15) is 6.61 Å². The third-order valence-corrected chi connectivity index (χ3v) is 6.53. The normalized spacial score (nSPS) is 14.1. The lowest BCUT2D eigenvalue weighted by atomic mass is 9.94. The van der Waals surface area contributed by atoms with Crippen molar-refractivity contribution in [1.29, 1.82) is 0 Å². The van der Waals surface area contributed by atoms with E-state index in [0.29, 0.717) is 18.9 Å². The fourth-order valence-corrected chi connectivity index (χ4v) is 4.82. The van der Waals surface area contributed by atoms with E-state index < -0.39 is 18.0 Å². The molecule has 0 fully saturated rings. The van der Waals surface area contributed by atoms with E-state index in [1.165, 1.54) is 11.1 Å². The summed E-state index contributed by atoms with van der Waals surface area (Å²) in [6.45, 7) is 6.63. The number of carboxylic acid groups (broad SMARTS) is 1. The van der Waals surface area contributed by atoms with Gasteiger partial charge in [0, 0.05) is 25.4 Å². The smallest absolute Gasteiger partial charge is 0.407 e. The predicted molar refractivity (Wildman–Crippen MR) is 135 cm³/mol. The molecule has 2 aromatic rings. The third-order valence-electron chi connectivity index (χ3n) is 6.53. The molecule has 0 radical (unpaired) electrons. The zero-order valence-corrected chi connectivity index (χ0v) is 20.8. The molecule has 3 N–H and O–H groups in total. The molecular formula is C28H36N2O5. The van der Waals surface area contributed by atoms with Crippen molar-refractivity contribution < 1.29 is 24.2 Å². The van der Waals surface area contributed by atoms with E-state index in [1.54, 1.807) is 0 Å². The van der Waals surface area contributed by atoms with Crippen LogP contribution in [0.3, 0.4) is 0 Å². The van der Waals surface area contributed by atoms with E-state index in [1.807, 2.05) is 45.0 Å². The molecule has 1 aliphatic rings. The number of ether oxygens (including phenoxy) is 1. The predicted octanol–water partition coefficient (Wildman–Crippen LogP) is 4.80. The molecule has 1 unspecified atom stereocenters. The van der Waals surface area contributed by atoms with Crippen LogP contribution in [0.25, 0.3) is 11.1 Å².